The van der Waals surface area contributed by atoms with E-state index in [1.54, 1.807) is 11.0 Å². The Bertz CT molecular complexity index is 616. The quantitative estimate of drug-likeness (QED) is 0.877. The molecule has 2 aromatic rings. The number of aromatic nitrogens is 3. The molecule has 3 rings (SSSR count). The summed E-state index contributed by atoms with van der Waals surface area (Å²) in [4.78, 5) is 16.1. The van der Waals surface area contributed by atoms with Gasteiger partial charge >= 0.3 is 0 Å². The van der Waals surface area contributed by atoms with Crippen LogP contribution in [0.2, 0.25) is 0 Å². The number of amides is 1. The van der Waals surface area contributed by atoms with Crippen LogP contribution in [-0.4, -0.2) is 20.7 Å². The first-order chi connectivity index (χ1) is 10.3. The van der Waals surface area contributed by atoms with Crippen LogP contribution in [0.1, 0.15) is 24.8 Å². The normalized spacial score (nSPS) is 17.6. The highest BCUT2D eigenvalue weighted by Crippen LogP contribution is 2.20. The second kappa shape index (κ2) is 6.35. The van der Waals surface area contributed by atoms with Gasteiger partial charge in [-0.3, -0.25) is 4.79 Å². The van der Waals surface area contributed by atoms with Crippen molar-refractivity contribution < 1.29 is 4.79 Å². The Morgan fingerprint density at radius 2 is 2.14 bits per heavy atom. The average Bonchev–Trinajstić information content (AvgIpc) is 3.03. The first-order valence-corrected chi connectivity index (χ1v) is 7.18. The fourth-order valence-electron chi connectivity index (χ4n) is 2.47. The first-order valence-electron chi connectivity index (χ1n) is 7.18. The maximum atomic E-state index is 12.1. The molecule has 5 nitrogen and oxygen atoms in total. The van der Waals surface area contributed by atoms with Crippen LogP contribution in [0.5, 0.6) is 0 Å². The minimum atomic E-state index is 0.102. The van der Waals surface area contributed by atoms with Crippen molar-refractivity contribution in [2.45, 2.75) is 25.8 Å². The van der Waals surface area contributed by atoms with Gasteiger partial charge in [0.15, 0.2) is 0 Å². The number of hydrogen-bond acceptors (Lipinski definition) is 3. The Balaban J connectivity index is 1.59. The van der Waals surface area contributed by atoms with Crippen molar-refractivity contribution in [2.24, 2.45) is 5.92 Å². The van der Waals surface area contributed by atoms with E-state index in [4.69, 9.17) is 0 Å². The molecule has 1 aromatic carbocycles. The van der Waals surface area contributed by atoms with Crippen LogP contribution < -0.4 is 5.32 Å². The van der Waals surface area contributed by atoms with Crippen LogP contribution in [0.3, 0.4) is 0 Å². The zero-order valence-electron chi connectivity index (χ0n) is 11.8. The summed E-state index contributed by atoms with van der Waals surface area (Å²) < 4.78 is 1.77. The number of hydrogen-bond donors (Lipinski definition) is 1. The van der Waals surface area contributed by atoms with E-state index in [0.717, 1.165) is 30.5 Å². The van der Waals surface area contributed by atoms with Gasteiger partial charge in [-0.15, -0.1) is 0 Å². The molecule has 0 radical (unpaired) electrons. The molecule has 1 aliphatic carbocycles. The standard InChI is InChI=1S/C16H18N4O/c21-16(14-4-2-1-3-5-14)19-15-8-6-13(7-9-15)10-20-12-17-11-18-20/h1-2,6-9,11-12,14H,3-5,10H2,(H,19,21)/t14-/m1/s1. The number of rotatable bonds is 4. The SMILES string of the molecule is O=C(Nc1ccc(Cn2cncn2)cc1)[C@@H]1CC=CCC1. The Morgan fingerprint density at radius 3 is 2.81 bits per heavy atom. The topological polar surface area (TPSA) is 59.8 Å². The Hall–Kier alpha value is -2.43. The van der Waals surface area contributed by atoms with E-state index in [2.05, 4.69) is 27.6 Å². The van der Waals surface area contributed by atoms with E-state index in [1.807, 2.05) is 24.3 Å². The van der Waals surface area contributed by atoms with Crippen LogP contribution in [-0.2, 0) is 11.3 Å². The lowest BCUT2D eigenvalue weighted by molar-refractivity contribution is -0.120. The fraction of sp³-hybridized carbons (Fsp3) is 0.312. The van der Waals surface area contributed by atoms with Gasteiger partial charge in [0.1, 0.15) is 12.7 Å². The number of allylic oxidation sites excluding steroid dienone is 2. The van der Waals surface area contributed by atoms with E-state index >= 15 is 0 Å². The summed E-state index contributed by atoms with van der Waals surface area (Å²) in [7, 11) is 0. The second-order valence-corrected chi connectivity index (χ2v) is 5.26. The van der Waals surface area contributed by atoms with Gasteiger partial charge < -0.3 is 5.32 Å². The lowest BCUT2D eigenvalue weighted by Gasteiger charge is -2.17. The minimum Gasteiger partial charge on any atom is -0.326 e. The smallest absolute Gasteiger partial charge is 0.227 e. The van der Waals surface area contributed by atoms with Gasteiger partial charge in [-0.2, -0.15) is 5.10 Å². The molecule has 1 heterocycles. The molecule has 0 unspecified atom stereocenters. The van der Waals surface area contributed by atoms with Gasteiger partial charge in [0.25, 0.3) is 0 Å². The summed E-state index contributed by atoms with van der Waals surface area (Å²) in [5.41, 5.74) is 1.97. The third kappa shape index (κ3) is 3.56. The number of anilines is 1. The number of carbonyl (C=O) groups is 1. The zero-order valence-corrected chi connectivity index (χ0v) is 11.8. The lowest BCUT2D eigenvalue weighted by atomic mass is 9.93. The summed E-state index contributed by atoms with van der Waals surface area (Å²) in [6.45, 7) is 0.682. The van der Waals surface area contributed by atoms with Gasteiger partial charge in [0.2, 0.25) is 5.91 Å². The summed E-state index contributed by atoms with van der Waals surface area (Å²) in [5.74, 6) is 0.216. The Labute approximate surface area is 123 Å². The molecule has 1 atom stereocenters. The molecule has 21 heavy (non-hydrogen) atoms. The van der Waals surface area contributed by atoms with Gasteiger partial charge in [-0.25, -0.2) is 9.67 Å². The fourth-order valence-corrected chi connectivity index (χ4v) is 2.47. The minimum absolute atomic E-state index is 0.102. The molecule has 1 N–H and O–H groups in total. The van der Waals surface area contributed by atoms with Crippen LogP contribution in [0.4, 0.5) is 5.69 Å². The predicted molar refractivity (Wildman–Crippen MR) is 80.7 cm³/mol. The van der Waals surface area contributed by atoms with Crippen molar-refractivity contribution in [1.29, 1.82) is 0 Å². The third-order valence-corrected chi connectivity index (χ3v) is 3.67. The molecule has 108 valence electrons. The molecule has 0 saturated heterocycles. The van der Waals surface area contributed by atoms with Crippen molar-refractivity contribution >= 4 is 11.6 Å². The van der Waals surface area contributed by atoms with Crippen LogP contribution in [0.25, 0.3) is 0 Å². The second-order valence-electron chi connectivity index (χ2n) is 5.26. The Morgan fingerprint density at radius 1 is 1.29 bits per heavy atom. The van der Waals surface area contributed by atoms with Crippen LogP contribution >= 0.6 is 0 Å². The Kier molecular flexibility index (Phi) is 4.09. The zero-order chi connectivity index (χ0) is 14.5. The van der Waals surface area contributed by atoms with Crippen molar-refractivity contribution in [3.63, 3.8) is 0 Å². The third-order valence-electron chi connectivity index (χ3n) is 3.67. The number of nitrogens with one attached hydrogen (secondary N) is 1. The van der Waals surface area contributed by atoms with Crippen molar-refractivity contribution in [3.05, 3.63) is 54.6 Å². The average molecular weight is 282 g/mol. The van der Waals surface area contributed by atoms with E-state index in [9.17, 15) is 4.79 Å². The highest BCUT2D eigenvalue weighted by Gasteiger charge is 2.18. The highest BCUT2D eigenvalue weighted by atomic mass is 16.1. The molecule has 1 amide bonds. The van der Waals surface area contributed by atoms with E-state index in [-0.39, 0.29) is 11.8 Å². The summed E-state index contributed by atoms with van der Waals surface area (Å²) in [6.07, 6.45) is 10.2. The molecular weight excluding hydrogens is 264 g/mol. The van der Waals surface area contributed by atoms with Crippen LogP contribution in [0, 0.1) is 5.92 Å². The van der Waals surface area contributed by atoms with Gasteiger partial charge in [-0.1, -0.05) is 24.3 Å². The maximum absolute atomic E-state index is 12.1. The molecule has 0 aliphatic heterocycles. The highest BCUT2D eigenvalue weighted by molar-refractivity contribution is 5.92. The molecular formula is C16H18N4O. The molecule has 0 bridgehead atoms. The van der Waals surface area contributed by atoms with Crippen molar-refractivity contribution in [3.8, 4) is 0 Å². The summed E-state index contributed by atoms with van der Waals surface area (Å²) in [5, 5.41) is 7.06. The molecule has 0 fully saturated rings. The largest absolute Gasteiger partial charge is 0.326 e. The monoisotopic (exact) mass is 282 g/mol. The number of carbonyl (C=O) groups excluding carboxylic acids is 1. The summed E-state index contributed by atoms with van der Waals surface area (Å²) >= 11 is 0. The van der Waals surface area contributed by atoms with Crippen molar-refractivity contribution in [1.82, 2.24) is 14.8 Å². The number of nitrogens with zero attached hydrogens (tertiary/aromatic N) is 3. The molecule has 5 heteroatoms. The lowest BCUT2D eigenvalue weighted by Crippen LogP contribution is -2.23. The molecule has 1 aromatic heterocycles. The van der Waals surface area contributed by atoms with Gasteiger partial charge in [-0.05, 0) is 37.0 Å². The number of benzene rings is 1. The van der Waals surface area contributed by atoms with Crippen molar-refractivity contribution in [2.75, 3.05) is 5.32 Å². The van der Waals surface area contributed by atoms with Gasteiger partial charge in [0.05, 0.1) is 6.54 Å². The summed E-state index contributed by atoms with van der Waals surface area (Å²) in [6, 6.07) is 7.86. The first kappa shape index (κ1) is 13.5. The van der Waals surface area contributed by atoms with E-state index < -0.39 is 0 Å². The van der Waals surface area contributed by atoms with Gasteiger partial charge in [0, 0.05) is 11.6 Å². The predicted octanol–water partition coefficient (Wildman–Crippen LogP) is 2.62. The van der Waals surface area contributed by atoms with E-state index in [1.165, 1.54) is 6.33 Å². The maximum Gasteiger partial charge on any atom is 0.227 e. The van der Waals surface area contributed by atoms with E-state index in [0.29, 0.717) is 6.54 Å². The molecule has 1 aliphatic rings. The molecule has 0 saturated carbocycles. The molecule has 0 spiro atoms. The van der Waals surface area contributed by atoms with Crippen LogP contribution in [0.15, 0.2) is 49.1 Å².